The minimum absolute atomic E-state index is 0.354. The van der Waals surface area contributed by atoms with Crippen molar-refractivity contribution in [2.24, 2.45) is 0 Å². The lowest BCUT2D eigenvalue weighted by Gasteiger charge is -2.36. The predicted molar refractivity (Wildman–Crippen MR) is 162 cm³/mol. The van der Waals surface area contributed by atoms with Gasteiger partial charge in [-0.1, -0.05) is 12.1 Å². The van der Waals surface area contributed by atoms with E-state index in [-0.39, 0.29) is 5.97 Å². The molecule has 1 aromatic carbocycles. The van der Waals surface area contributed by atoms with Crippen LogP contribution in [0.3, 0.4) is 0 Å². The maximum Gasteiger partial charge on any atom is 0.337 e. The van der Waals surface area contributed by atoms with Crippen LogP contribution in [0.5, 0.6) is 0 Å². The number of hydrogen-bond acceptors (Lipinski definition) is 11. The standard InChI is InChI=1S/C27H33N9O2S2/c1-38-22(37)20-8-6-19(7-9-20)21-18-40-26(28-21)32-27(39)36-16-14-35(15-17-36)25-30-23(33-10-2-3-11-33)29-24(31-25)34-12-4-5-13-34/h6-9,18H,2-5,10-17H2,1H3,(H,28,32,39). The van der Waals surface area contributed by atoms with Crippen LogP contribution < -0.4 is 20.0 Å². The number of esters is 1. The summed E-state index contributed by atoms with van der Waals surface area (Å²) >= 11 is 7.24. The van der Waals surface area contributed by atoms with Crippen LogP contribution in [0.15, 0.2) is 29.6 Å². The minimum Gasteiger partial charge on any atom is -0.465 e. The van der Waals surface area contributed by atoms with E-state index in [0.29, 0.717) is 10.7 Å². The molecule has 0 saturated carbocycles. The maximum absolute atomic E-state index is 11.7. The van der Waals surface area contributed by atoms with Crippen LogP contribution in [0.25, 0.3) is 11.3 Å². The normalized spacial score (nSPS) is 17.4. The molecule has 3 aliphatic rings. The van der Waals surface area contributed by atoms with Crippen molar-refractivity contribution in [3.05, 3.63) is 35.2 Å². The second kappa shape index (κ2) is 11.9. The second-order valence-corrected chi connectivity index (χ2v) is 11.4. The number of methoxy groups -OCH3 is 1. The molecule has 0 amide bonds. The van der Waals surface area contributed by atoms with Crippen molar-refractivity contribution in [3.63, 3.8) is 0 Å². The van der Waals surface area contributed by atoms with E-state index >= 15 is 0 Å². The van der Waals surface area contributed by atoms with E-state index in [9.17, 15) is 4.79 Å². The molecular formula is C27H33N9O2S2. The SMILES string of the molecule is COC(=O)c1ccc(-c2csc(NC(=S)N3CCN(c4nc(N5CCCC5)nc(N5CCCC5)n4)CC3)n2)cc1. The molecule has 0 unspecified atom stereocenters. The summed E-state index contributed by atoms with van der Waals surface area (Å²) in [4.78, 5) is 40.0. The summed E-state index contributed by atoms with van der Waals surface area (Å²) in [6, 6.07) is 7.22. The molecule has 0 atom stereocenters. The van der Waals surface area contributed by atoms with Gasteiger partial charge in [0.05, 0.1) is 18.4 Å². The Kier molecular flexibility index (Phi) is 7.91. The quantitative estimate of drug-likeness (QED) is 0.342. The van der Waals surface area contributed by atoms with E-state index in [4.69, 9.17) is 36.9 Å². The van der Waals surface area contributed by atoms with Crippen molar-refractivity contribution in [3.8, 4) is 11.3 Å². The number of hydrogen-bond donors (Lipinski definition) is 1. The number of rotatable bonds is 6. The Morgan fingerprint density at radius 1 is 0.800 bits per heavy atom. The number of carbonyl (C=O) groups is 1. The van der Waals surface area contributed by atoms with Crippen molar-refractivity contribution in [2.75, 3.05) is 79.5 Å². The van der Waals surface area contributed by atoms with Crippen molar-refractivity contribution in [2.45, 2.75) is 25.7 Å². The van der Waals surface area contributed by atoms with Gasteiger partial charge in [0.15, 0.2) is 10.2 Å². The molecule has 40 heavy (non-hydrogen) atoms. The van der Waals surface area contributed by atoms with Gasteiger partial charge in [-0.3, -0.25) is 0 Å². The molecule has 0 radical (unpaired) electrons. The molecule has 2 aromatic heterocycles. The van der Waals surface area contributed by atoms with Crippen LogP contribution in [0.2, 0.25) is 0 Å². The zero-order chi connectivity index (χ0) is 27.5. The van der Waals surface area contributed by atoms with E-state index in [1.165, 1.54) is 44.1 Å². The van der Waals surface area contributed by atoms with Gasteiger partial charge >= 0.3 is 5.97 Å². The first-order valence-electron chi connectivity index (χ1n) is 13.8. The Hall–Kier alpha value is -3.58. The fraction of sp³-hybridized carbons (Fsp3) is 0.481. The summed E-state index contributed by atoms with van der Waals surface area (Å²) in [6.45, 7) is 7.12. The summed E-state index contributed by atoms with van der Waals surface area (Å²) in [7, 11) is 1.38. The molecule has 3 aromatic rings. The smallest absolute Gasteiger partial charge is 0.337 e. The van der Waals surface area contributed by atoms with Gasteiger partial charge in [-0.2, -0.15) is 15.0 Å². The molecule has 210 valence electrons. The average molecular weight is 580 g/mol. The second-order valence-electron chi connectivity index (χ2n) is 10.1. The molecule has 0 aliphatic carbocycles. The number of aromatic nitrogens is 4. The Balaban J connectivity index is 1.08. The Bertz CT molecular complexity index is 1310. The molecule has 6 rings (SSSR count). The number of thiazole rings is 1. The van der Waals surface area contributed by atoms with Gasteiger partial charge in [0.25, 0.3) is 0 Å². The Morgan fingerprint density at radius 3 is 1.85 bits per heavy atom. The van der Waals surface area contributed by atoms with E-state index in [2.05, 4.69) is 24.9 Å². The number of thiocarbonyl (C=S) groups is 1. The lowest BCUT2D eigenvalue weighted by Crippen LogP contribution is -2.50. The third-order valence-corrected chi connectivity index (χ3v) is 8.67. The molecule has 3 fully saturated rings. The van der Waals surface area contributed by atoms with Crippen LogP contribution >= 0.6 is 23.6 Å². The number of ether oxygens (including phenoxy) is 1. The summed E-state index contributed by atoms with van der Waals surface area (Å²) in [6.07, 6.45) is 4.74. The van der Waals surface area contributed by atoms with Gasteiger partial charge in [-0.05, 0) is 50.0 Å². The number of nitrogens with zero attached hydrogens (tertiary/aromatic N) is 8. The van der Waals surface area contributed by atoms with Gasteiger partial charge in [0, 0.05) is 63.3 Å². The highest BCUT2D eigenvalue weighted by molar-refractivity contribution is 7.80. The number of carbonyl (C=O) groups excluding carboxylic acids is 1. The number of anilines is 4. The monoisotopic (exact) mass is 579 g/mol. The third-order valence-electron chi connectivity index (χ3n) is 7.55. The van der Waals surface area contributed by atoms with E-state index < -0.39 is 0 Å². The van der Waals surface area contributed by atoms with Gasteiger partial charge in [-0.25, -0.2) is 9.78 Å². The largest absolute Gasteiger partial charge is 0.465 e. The van der Waals surface area contributed by atoms with Crippen molar-refractivity contribution >= 4 is 57.6 Å². The molecule has 1 N–H and O–H groups in total. The number of benzene rings is 1. The molecule has 3 aliphatic heterocycles. The van der Waals surface area contributed by atoms with Crippen LogP contribution in [0, 0.1) is 0 Å². The third kappa shape index (κ3) is 5.80. The number of nitrogens with one attached hydrogen (secondary N) is 1. The zero-order valence-corrected chi connectivity index (χ0v) is 24.2. The lowest BCUT2D eigenvalue weighted by atomic mass is 10.1. The fourth-order valence-corrected chi connectivity index (χ4v) is 6.30. The van der Waals surface area contributed by atoms with E-state index in [1.807, 2.05) is 17.5 Å². The van der Waals surface area contributed by atoms with Gasteiger partial charge in [-0.15, -0.1) is 11.3 Å². The van der Waals surface area contributed by atoms with Crippen molar-refractivity contribution < 1.29 is 9.53 Å². The Morgan fingerprint density at radius 2 is 1.32 bits per heavy atom. The summed E-state index contributed by atoms with van der Waals surface area (Å²) < 4.78 is 4.77. The van der Waals surface area contributed by atoms with Crippen molar-refractivity contribution in [1.82, 2.24) is 24.8 Å². The van der Waals surface area contributed by atoms with E-state index in [0.717, 1.165) is 86.6 Å². The number of piperazine rings is 1. The van der Waals surface area contributed by atoms with Crippen LogP contribution in [0.4, 0.5) is 23.0 Å². The Labute approximate surface area is 243 Å². The molecular weight excluding hydrogens is 546 g/mol. The van der Waals surface area contributed by atoms with Gasteiger partial charge in [0.1, 0.15) is 0 Å². The molecule has 0 spiro atoms. The van der Waals surface area contributed by atoms with Gasteiger partial charge in [0.2, 0.25) is 17.8 Å². The minimum atomic E-state index is -0.354. The summed E-state index contributed by atoms with van der Waals surface area (Å²) in [5, 5.41) is 6.68. The fourth-order valence-electron chi connectivity index (χ4n) is 5.24. The van der Waals surface area contributed by atoms with Crippen molar-refractivity contribution in [1.29, 1.82) is 0 Å². The highest BCUT2D eigenvalue weighted by atomic mass is 32.1. The van der Waals surface area contributed by atoms with Crippen LogP contribution in [-0.2, 0) is 4.74 Å². The average Bonchev–Trinajstić information content (AvgIpc) is 3.80. The molecule has 0 bridgehead atoms. The van der Waals surface area contributed by atoms with Crippen LogP contribution in [0.1, 0.15) is 36.0 Å². The highest BCUT2D eigenvalue weighted by Gasteiger charge is 2.26. The van der Waals surface area contributed by atoms with E-state index in [1.54, 1.807) is 12.1 Å². The van der Waals surface area contributed by atoms with Crippen LogP contribution in [-0.4, -0.2) is 95.4 Å². The molecule has 11 nitrogen and oxygen atoms in total. The molecule has 13 heteroatoms. The molecule has 5 heterocycles. The first kappa shape index (κ1) is 26.6. The summed E-state index contributed by atoms with van der Waals surface area (Å²) in [5.74, 6) is 2.03. The lowest BCUT2D eigenvalue weighted by molar-refractivity contribution is 0.0600. The first-order chi connectivity index (χ1) is 19.6. The predicted octanol–water partition coefficient (Wildman–Crippen LogP) is 3.50. The highest BCUT2D eigenvalue weighted by Crippen LogP contribution is 2.27. The maximum atomic E-state index is 11.7. The molecule has 3 saturated heterocycles. The van der Waals surface area contributed by atoms with Gasteiger partial charge < -0.3 is 29.7 Å². The zero-order valence-electron chi connectivity index (χ0n) is 22.6. The summed E-state index contributed by atoms with van der Waals surface area (Å²) in [5.41, 5.74) is 2.27. The topological polar surface area (TPSA) is 103 Å². The first-order valence-corrected chi connectivity index (χ1v) is 15.1.